The van der Waals surface area contributed by atoms with E-state index in [1.807, 2.05) is 0 Å². The van der Waals surface area contributed by atoms with E-state index in [0.717, 1.165) is 25.7 Å². The third kappa shape index (κ3) is 10.7. The van der Waals surface area contributed by atoms with Gasteiger partial charge in [0.15, 0.2) is 0 Å². The van der Waals surface area contributed by atoms with Crippen LogP contribution in [0.4, 0.5) is 0 Å². The van der Waals surface area contributed by atoms with Crippen LogP contribution in [-0.2, 0) is 0 Å². The molecule has 4 nitrogen and oxygen atoms in total. The van der Waals surface area contributed by atoms with Gasteiger partial charge in [-0.15, -0.1) is 0 Å². The molecule has 3 saturated carbocycles. The number of nitrogens with two attached hydrogens (primary N) is 4. The predicted molar refractivity (Wildman–Crippen MR) is 106 cm³/mol. The fourth-order valence-corrected chi connectivity index (χ4v) is 3.86. The van der Waals surface area contributed by atoms with E-state index in [1.54, 1.807) is 0 Å². The van der Waals surface area contributed by atoms with Gasteiger partial charge in [0.2, 0.25) is 0 Å². The molecule has 3 aliphatic rings. The molecule has 3 fully saturated rings. The Bertz CT molecular complexity index is 272. The Kier molecular flexibility index (Phi) is 9.80. The summed E-state index contributed by atoms with van der Waals surface area (Å²) in [5.74, 6) is 0. The summed E-state index contributed by atoms with van der Waals surface area (Å²) in [6.07, 6.45) is 17.6. The Morgan fingerprint density at radius 1 is 0.542 bits per heavy atom. The Morgan fingerprint density at radius 3 is 0.958 bits per heavy atom. The van der Waals surface area contributed by atoms with Crippen molar-refractivity contribution in [3.05, 3.63) is 0 Å². The quantitative estimate of drug-likeness (QED) is 0.541. The van der Waals surface area contributed by atoms with Gasteiger partial charge in [0, 0.05) is 23.2 Å². The molecule has 3 rings (SSSR count). The molecule has 0 aromatic heterocycles. The first-order chi connectivity index (χ1) is 11.2. The summed E-state index contributed by atoms with van der Waals surface area (Å²) in [7, 11) is 0. The molecular formula is C20H44N4. The third-order valence-electron chi connectivity index (χ3n) is 5.81. The van der Waals surface area contributed by atoms with Crippen molar-refractivity contribution >= 4 is 0 Å². The van der Waals surface area contributed by atoms with Crippen LogP contribution in [0, 0.1) is 0 Å². The van der Waals surface area contributed by atoms with E-state index in [4.69, 9.17) is 22.9 Å². The van der Waals surface area contributed by atoms with Gasteiger partial charge in [0.1, 0.15) is 0 Å². The summed E-state index contributed by atoms with van der Waals surface area (Å²) in [4.78, 5) is 0. The molecule has 0 heterocycles. The number of hydrogen-bond donors (Lipinski definition) is 4. The lowest BCUT2D eigenvalue weighted by Crippen LogP contribution is -2.37. The molecule has 0 aromatic rings. The third-order valence-corrected chi connectivity index (χ3v) is 5.81. The monoisotopic (exact) mass is 340 g/mol. The molecular weight excluding hydrogens is 296 g/mol. The van der Waals surface area contributed by atoms with Gasteiger partial charge in [-0.05, 0) is 65.2 Å². The summed E-state index contributed by atoms with van der Waals surface area (Å²) >= 11 is 0. The first-order valence-electron chi connectivity index (χ1n) is 10.3. The molecule has 0 bridgehead atoms. The van der Waals surface area contributed by atoms with Crippen LogP contribution >= 0.6 is 0 Å². The summed E-state index contributed by atoms with van der Waals surface area (Å²) in [6.45, 7) is 4.32. The standard InChI is InChI=1S/2C7H15N.C6H14N2/c2*1-7(8)5-3-2-4-6-7;7-5-1-2-6(8)4-3-5/h2*2-6,8H2,1H3;5-6H,1-4,7-8H2. The second-order valence-corrected chi connectivity index (χ2v) is 9.10. The van der Waals surface area contributed by atoms with E-state index in [2.05, 4.69) is 13.8 Å². The highest BCUT2D eigenvalue weighted by molar-refractivity contribution is 4.82. The molecule has 0 radical (unpaired) electrons. The maximum absolute atomic E-state index is 5.88. The van der Waals surface area contributed by atoms with E-state index >= 15 is 0 Å². The SMILES string of the molecule is CC1(N)CCCCC1.CC1(N)CCCCC1.NC1CCC(N)CC1. The molecule has 4 heteroatoms. The van der Waals surface area contributed by atoms with Gasteiger partial charge < -0.3 is 22.9 Å². The summed E-state index contributed by atoms with van der Waals surface area (Å²) < 4.78 is 0. The van der Waals surface area contributed by atoms with Gasteiger partial charge in [-0.1, -0.05) is 38.5 Å². The zero-order chi connectivity index (χ0) is 18.1. The first-order valence-corrected chi connectivity index (χ1v) is 10.3. The molecule has 0 atom stereocenters. The Balaban J connectivity index is 0.000000180. The lowest BCUT2D eigenvalue weighted by atomic mass is 9.84. The fraction of sp³-hybridized carbons (Fsp3) is 1.00. The van der Waals surface area contributed by atoms with Crippen molar-refractivity contribution in [2.24, 2.45) is 22.9 Å². The van der Waals surface area contributed by atoms with Crippen molar-refractivity contribution in [3.8, 4) is 0 Å². The highest BCUT2D eigenvalue weighted by atomic mass is 14.7. The van der Waals surface area contributed by atoms with Crippen molar-refractivity contribution in [3.63, 3.8) is 0 Å². The molecule has 0 amide bonds. The summed E-state index contributed by atoms with van der Waals surface area (Å²) in [5, 5.41) is 0. The Morgan fingerprint density at radius 2 is 0.792 bits per heavy atom. The predicted octanol–water partition coefficient (Wildman–Crippen LogP) is 3.55. The lowest BCUT2D eigenvalue weighted by molar-refractivity contribution is 0.322. The minimum atomic E-state index is 0.179. The first kappa shape index (κ1) is 21.9. The molecule has 0 spiro atoms. The molecule has 0 saturated heterocycles. The van der Waals surface area contributed by atoms with Crippen LogP contribution in [0.3, 0.4) is 0 Å². The smallest absolute Gasteiger partial charge is 0.0125 e. The van der Waals surface area contributed by atoms with Crippen molar-refractivity contribution in [2.45, 2.75) is 127 Å². The lowest BCUT2D eigenvalue weighted by Gasteiger charge is -2.28. The maximum Gasteiger partial charge on any atom is 0.0125 e. The highest BCUT2D eigenvalue weighted by Crippen LogP contribution is 2.25. The minimum absolute atomic E-state index is 0.179. The van der Waals surface area contributed by atoms with Crippen molar-refractivity contribution in [2.75, 3.05) is 0 Å². The molecule has 0 aromatic carbocycles. The second kappa shape index (κ2) is 10.7. The maximum atomic E-state index is 5.88. The summed E-state index contributed by atoms with van der Waals surface area (Å²) in [6, 6.07) is 0.879. The van der Waals surface area contributed by atoms with Gasteiger partial charge in [0.25, 0.3) is 0 Å². The molecule has 0 unspecified atom stereocenters. The van der Waals surface area contributed by atoms with Crippen LogP contribution in [0.2, 0.25) is 0 Å². The van der Waals surface area contributed by atoms with Gasteiger partial charge in [-0.3, -0.25) is 0 Å². The van der Waals surface area contributed by atoms with Crippen molar-refractivity contribution in [1.82, 2.24) is 0 Å². The number of rotatable bonds is 0. The van der Waals surface area contributed by atoms with E-state index in [0.29, 0.717) is 12.1 Å². The Labute approximate surface area is 150 Å². The molecule has 8 N–H and O–H groups in total. The van der Waals surface area contributed by atoms with Crippen molar-refractivity contribution < 1.29 is 0 Å². The van der Waals surface area contributed by atoms with Crippen LogP contribution in [0.25, 0.3) is 0 Å². The Hall–Kier alpha value is -0.160. The van der Waals surface area contributed by atoms with Crippen LogP contribution in [-0.4, -0.2) is 23.2 Å². The van der Waals surface area contributed by atoms with E-state index in [9.17, 15) is 0 Å². The topological polar surface area (TPSA) is 104 Å². The van der Waals surface area contributed by atoms with E-state index in [-0.39, 0.29) is 11.1 Å². The average Bonchev–Trinajstić information content (AvgIpc) is 2.51. The van der Waals surface area contributed by atoms with Crippen LogP contribution < -0.4 is 22.9 Å². The van der Waals surface area contributed by atoms with E-state index in [1.165, 1.54) is 64.2 Å². The van der Waals surface area contributed by atoms with Gasteiger partial charge in [-0.2, -0.15) is 0 Å². The van der Waals surface area contributed by atoms with Crippen LogP contribution in [0.5, 0.6) is 0 Å². The van der Waals surface area contributed by atoms with Gasteiger partial charge >= 0.3 is 0 Å². The normalized spacial score (nSPS) is 31.8. The van der Waals surface area contributed by atoms with Crippen molar-refractivity contribution in [1.29, 1.82) is 0 Å². The molecule has 144 valence electrons. The van der Waals surface area contributed by atoms with Gasteiger partial charge in [0.05, 0.1) is 0 Å². The second-order valence-electron chi connectivity index (χ2n) is 9.10. The fourth-order valence-electron chi connectivity index (χ4n) is 3.86. The number of hydrogen-bond acceptors (Lipinski definition) is 4. The minimum Gasteiger partial charge on any atom is -0.328 e. The van der Waals surface area contributed by atoms with E-state index < -0.39 is 0 Å². The van der Waals surface area contributed by atoms with Crippen LogP contribution in [0.15, 0.2) is 0 Å². The molecule has 24 heavy (non-hydrogen) atoms. The molecule has 0 aliphatic heterocycles. The highest BCUT2D eigenvalue weighted by Gasteiger charge is 2.21. The summed E-state index contributed by atoms with van der Waals surface area (Å²) in [5.41, 5.74) is 23.4. The zero-order valence-electron chi connectivity index (χ0n) is 16.4. The van der Waals surface area contributed by atoms with Crippen LogP contribution in [0.1, 0.15) is 104 Å². The average molecular weight is 341 g/mol. The molecule has 3 aliphatic carbocycles. The van der Waals surface area contributed by atoms with Gasteiger partial charge in [-0.25, -0.2) is 0 Å². The zero-order valence-corrected chi connectivity index (χ0v) is 16.4. The largest absolute Gasteiger partial charge is 0.328 e.